The number of carbonyl (C=O) groups excluding carboxylic acids is 3. The maximum Gasteiger partial charge on any atom is 0.306 e. The van der Waals surface area contributed by atoms with Gasteiger partial charge in [-0.3, -0.25) is 14.4 Å². The molecule has 0 aliphatic carbocycles. The Bertz CT molecular complexity index is 980. The Balaban J connectivity index is 4.28. The van der Waals surface area contributed by atoms with Gasteiger partial charge in [0.1, 0.15) is 13.2 Å². The van der Waals surface area contributed by atoms with Crippen LogP contribution in [0, 0.1) is 0 Å². The fourth-order valence-electron chi connectivity index (χ4n) is 6.26. The highest BCUT2D eigenvalue weighted by molar-refractivity contribution is 5.71. The summed E-state index contributed by atoms with van der Waals surface area (Å²) >= 11 is 0. The van der Waals surface area contributed by atoms with Crippen LogP contribution in [0.4, 0.5) is 0 Å². The molecule has 0 saturated carbocycles. The molecule has 1 atom stereocenters. The second-order valence-electron chi connectivity index (χ2n) is 15.3. The molecule has 55 heavy (non-hydrogen) atoms. The number of hydrogen-bond acceptors (Lipinski definition) is 6. The van der Waals surface area contributed by atoms with Crippen LogP contribution in [0.5, 0.6) is 0 Å². The third kappa shape index (κ3) is 42.4. The summed E-state index contributed by atoms with van der Waals surface area (Å²) in [5.74, 6) is -0.973. The van der Waals surface area contributed by atoms with E-state index in [1.807, 2.05) is 0 Å². The van der Waals surface area contributed by atoms with Crippen LogP contribution in [0.25, 0.3) is 0 Å². The highest BCUT2D eigenvalue weighted by atomic mass is 16.6. The lowest BCUT2D eigenvalue weighted by molar-refractivity contribution is -0.167. The van der Waals surface area contributed by atoms with Crippen LogP contribution >= 0.6 is 0 Å². The first-order valence-electron chi connectivity index (χ1n) is 23.2. The molecule has 0 heterocycles. The molecule has 6 nitrogen and oxygen atoms in total. The molecule has 0 aliphatic heterocycles. The smallest absolute Gasteiger partial charge is 0.306 e. The van der Waals surface area contributed by atoms with Gasteiger partial charge in [-0.25, -0.2) is 0 Å². The van der Waals surface area contributed by atoms with Crippen molar-refractivity contribution in [3.05, 3.63) is 48.6 Å². The Labute approximate surface area is 339 Å². The Morgan fingerprint density at radius 3 is 1.13 bits per heavy atom. The molecule has 0 aliphatic rings. The van der Waals surface area contributed by atoms with Gasteiger partial charge in [-0.2, -0.15) is 0 Å². The van der Waals surface area contributed by atoms with Crippen molar-refractivity contribution in [2.45, 2.75) is 232 Å². The van der Waals surface area contributed by atoms with Crippen LogP contribution in [0.1, 0.15) is 226 Å². The van der Waals surface area contributed by atoms with Crippen molar-refractivity contribution in [1.82, 2.24) is 0 Å². The number of esters is 3. The quantitative estimate of drug-likeness (QED) is 0.0202. The first kappa shape index (κ1) is 52.4. The molecule has 0 aromatic heterocycles. The van der Waals surface area contributed by atoms with Crippen molar-refractivity contribution in [2.24, 2.45) is 0 Å². The van der Waals surface area contributed by atoms with E-state index >= 15 is 0 Å². The number of ether oxygens (including phenoxy) is 3. The van der Waals surface area contributed by atoms with Crippen molar-refractivity contribution in [2.75, 3.05) is 13.2 Å². The number of rotatable bonds is 41. The van der Waals surface area contributed by atoms with Crippen LogP contribution < -0.4 is 0 Å². The van der Waals surface area contributed by atoms with Gasteiger partial charge in [0.25, 0.3) is 0 Å². The van der Waals surface area contributed by atoms with Crippen LogP contribution in [-0.4, -0.2) is 37.2 Å². The van der Waals surface area contributed by atoms with Gasteiger partial charge in [-0.1, -0.05) is 172 Å². The topological polar surface area (TPSA) is 78.9 Å². The minimum Gasteiger partial charge on any atom is -0.462 e. The molecule has 1 unspecified atom stereocenters. The average Bonchev–Trinajstić information content (AvgIpc) is 3.18. The highest BCUT2D eigenvalue weighted by Gasteiger charge is 2.19. The molecule has 0 aromatic carbocycles. The third-order valence-electron chi connectivity index (χ3n) is 9.80. The summed E-state index contributed by atoms with van der Waals surface area (Å²) in [5, 5.41) is 0. The van der Waals surface area contributed by atoms with Gasteiger partial charge in [0.2, 0.25) is 0 Å². The van der Waals surface area contributed by atoms with E-state index < -0.39 is 6.10 Å². The number of hydrogen-bond donors (Lipinski definition) is 0. The van der Waals surface area contributed by atoms with Crippen LogP contribution in [0.15, 0.2) is 48.6 Å². The lowest BCUT2D eigenvalue weighted by Crippen LogP contribution is -2.30. The lowest BCUT2D eigenvalue weighted by atomic mass is 10.1. The van der Waals surface area contributed by atoms with Crippen molar-refractivity contribution in [1.29, 1.82) is 0 Å². The van der Waals surface area contributed by atoms with E-state index in [9.17, 15) is 14.4 Å². The summed E-state index contributed by atoms with van der Waals surface area (Å²) in [6.07, 6.45) is 51.2. The Morgan fingerprint density at radius 2 is 0.673 bits per heavy atom. The molecule has 0 radical (unpaired) electrons. The molecule has 0 bridgehead atoms. The zero-order valence-electron chi connectivity index (χ0n) is 36.2. The molecule has 0 N–H and O–H groups in total. The molecule has 6 heteroatoms. The number of unbranched alkanes of at least 4 members (excludes halogenated alkanes) is 23. The summed E-state index contributed by atoms with van der Waals surface area (Å²) in [6.45, 7) is 6.48. The normalized spacial score (nSPS) is 12.4. The zero-order valence-corrected chi connectivity index (χ0v) is 36.2. The van der Waals surface area contributed by atoms with E-state index in [0.29, 0.717) is 25.7 Å². The Hall–Kier alpha value is -2.63. The zero-order chi connectivity index (χ0) is 40.1. The standard InChI is InChI=1S/C49H86O6/c1-4-7-10-13-16-19-20-21-22-23-24-25-26-27-28-31-33-36-39-42-48(51)54-45-46(55-49(52)43-40-37-34-30-18-15-12-9-6-3)44-53-47(50)41-38-35-32-29-17-14-11-8-5-2/h16,19-21,29-30,32,34,46H,4-15,17-18,22-28,31,33,35-45H2,1-3H3/b19-16-,21-20-,32-29-,34-30-. The van der Waals surface area contributed by atoms with Gasteiger partial charge < -0.3 is 14.2 Å². The maximum absolute atomic E-state index is 12.6. The van der Waals surface area contributed by atoms with Crippen molar-refractivity contribution in [3.8, 4) is 0 Å². The fraction of sp³-hybridized carbons (Fsp3) is 0.776. The second-order valence-corrected chi connectivity index (χ2v) is 15.3. The molecule has 0 aromatic rings. The molecule has 0 spiro atoms. The molecular formula is C49H86O6. The first-order chi connectivity index (χ1) is 27.0. The number of allylic oxidation sites excluding steroid dienone is 8. The largest absolute Gasteiger partial charge is 0.462 e. The van der Waals surface area contributed by atoms with Gasteiger partial charge in [0.05, 0.1) is 0 Å². The summed E-state index contributed by atoms with van der Waals surface area (Å²) in [4.78, 5) is 37.6. The van der Waals surface area contributed by atoms with Gasteiger partial charge in [0, 0.05) is 19.3 Å². The Kier molecular flexibility index (Phi) is 42.0. The summed E-state index contributed by atoms with van der Waals surface area (Å²) in [6, 6.07) is 0. The molecule has 0 amide bonds. The average molecular weight is 771 g/mol. The maximum atomic E-state index is 12.6. The molecule has 0 rings (SSSR count). The highest BCUT2D eigenvalue weighted by Crippen LogP contribution is 2.14. The third-order valence-corrected chi connectivity index (χ3v) is 9.80. The summed E-state index contributed by atoms with van der Waals surface area (Å²) in [5.41, 5.74) is 0. The lowest BCUT2D eigenvalue weighted by Gasteiger charge is -2.18. The van der Waals surface area contributed by atoms with E-state index in [0.717, 1.165) is 44.9 Å². The monoisotopic (exact) mass is 771 g/mol. The van der Waals surface area contributed by atoms with Crippen molar-refractivity contribution < 1.29 is 28.6 Å². The van der Waals surface area contributed by atoms with Gasteiger partial charge in [-0.05, 0) is 83.5 Å². The molecular weight excluding hydrogens is 685 g/mol. The predicted molar refractivity (Wildman–Crippen MR) is 233 cm³/mol. The van der Waals surface area contributed by atoms with E-state index in [1.54, 1.807) is 0 Å². The first-order valence-corrected chi connectivity index (χ1v) is 23.2. The minimum absolute atomic E-state index is 0.0945. The van der Waals surface area contributed by atoms with Crippen LogP contribution in [0.2, 0.25) is 0 Å². The molecule has 318 valence electrons. The van der Waals surface area contributed by atoms with E-state index in [4.69, 9.17) is 14.2 Å². The summed E-state index contributed by atoms with van der Waals surface area (Å²) in [7, 11) is 0. The predicted octanol–water partition coefficient (Wildman–Crippen LogP) is 14.8. The van der Waals surface area contributed by atoms with Crippen LogP contribution in [-0.2, 0) is 28.6 Å². The number of carbonyl (C=O) groups is 3. The molecule has 0 fully saturated rings. The van der Waals surface area contributed by atoms with E-state index in [2.05, 4.69) is 69.4 Å². The van der Waals surface area contributed by atoms with Crippen molar-refractivity contribution >= 4 is 17.9 Å². The molecule has 0 saturated heterocycles. The van der Waals surface area contributed by atoms with Gasteiger partial charge >= 0.3 is 17.9 Å². The van der Waals surface area contributed by atoms with Crippen molar-refractivity contribution in [3.63, 3.8) is 0 Å². The van der Waals surface area contributed by atoms with Crippen LogP contribution in [0.3, 0.4) is 0 Å². The second kappa shape index (κ2) is 44.1. The fourth-order valence-corrected chi connectivity index (χ4v) is 6.26. The Morgan fingerprint density at radius 1 is 0.364 bits per heavy atom. The SMILES string of the molecule is CCCCC/C=C\C=C/CCCCCCCCCCCCC(=O)OCC(COC(=O)CCC/C=C\CCCCCC)OC(=O)CCC/C=C\CCCCCC. The van der Waals surface area contributed by atoms with E-state index in [-0.39, 0.29) is 37.5 Å². The summed E-state index contributed by atoms with van der Waals surface area (Å²) < 4.78 is 16.6. The van der Waals surface area contributed by atoms with Gasteiger partial charge in [-0.15, -0.1) is 0 Å². The van der Waals surface area contributed by atoms with E-state index in [1.165, 1.54) is 128 Å². The minimum atomic E-state index is -0.795. The van der Waals surface area contributed by atoms with Gasteiger partial charge in [0.15, 0.2) is 6.10 Å².